The van der Waals surface area contributed by atoms with Gasteiger partial charge in [-0.2, -0.15) is 9.28 Å². The number of aromatic nitrogens is 4. The van der Waals surface area contributed by atoms with E-state index in [1.807, 2.05) is 11.6 Å². The molecule has 2 aromatic rings. The fourth-order valence-corrected chi connectivity index (χ4v) is 6.49. The summed E-state index contributed by atoms with van der Waals surface area (Å²) in [6.07, 6.45) is 0.649. The average molecular weight is 660 g/mol. The highest BCUT2D eigenvalue weighted by atomic mass is 28.3. The summed E-state index contributed by atoms with van der Waals surface area (Å²) in [6.45, 7) is 20.6. The smallest absolute Gasteiger partial charge is 0.450 e. The number of ether oxygens (including phenoxy) is 2. The van der Waals surface area contributed by atoms with Crippen LogP contribution in [-0.2, 0) is 14.3 Å². The van der Waals surface area contributed by atoms with Crippen LogP contribution in [0.1, 0.15) is 58.2 Å². The van der Waals surface area contributed by atoms with E-state index in [0.29, 0.717) is 56.1 Å². The minimum absolute atomic E-state index is 0.112. The van der Waals surface area contributed by atoms with Gasteiger partial charge in [0.25, 0.3) is 0 Å². The van der Waals surface area contributed by atoms with Gasteiger partial charge in [0.1, 0.15) is 36.4 Å². The van der Waals surface area contributed by atoms with Crippen molar-refractivity contribution in [3.05, 3.63) is 17.8 Å². The molecule has 46 heavy (non-hydrogen) atoms. The van der Waals surface area contributed by atoms with Gasteiger partial charge >= 0.3 is 18.1 Å². The molecule has 3 amide bonds. The molecule has 5 heterocycles. The molecule has 16 heteroatoms. The normalized spacial score (nSPS) is 23.2. The van der Waals surface area contributed by atoms with Crippen molar-refractivity contribution in [2.45, 2.75) is 77.7 Å². The lowest BCUT2D eigenvalue weighted by atomic mass is 10.1. The van der Waals surface area contributed by atoms with Crippen molar-refractivity contribution >= 4 is 37.3 Å². The Bertz CT molecular complexity index is 1440. The largest absolute Gasteiger partial charge is 0.524 e. The number of carbonyl (C=O) groups excluding carboxylic acids is 3. The van der Waals surface area contributed by atoms with Crippen molar-refractivity contribution in [3.63, 3.8) is 0 Å². The molecule has 3 saturated heterocycles. The van der Waals surface area contributed by atoms with Crippen LogP contribution in [0.4, 0.5) is 9.59 Å². The van der Waals surface area contributed by atoms with Crippen LogP contribution in [0.25, 0.3) is 11.2 Å². The molecule has 254 valence electrons. The number of rotatable bonds is 5. The fraction of sp³-hybridized carbons (Fsp3) is 0.733. The van der Waals surface area contributed by atoms with Gasteiger partial charge in [0, 0.05) is 39.3 Å². The minimum Gasteiger partial charge on any atom is -0.450 e. The first kappa shape index (κ1) is 34.2. The number of piperazine rings is 3. The van der Waals surface area contributed by atoms with Gasteiger partial charge < -0.3 is 25.4 Å². The van der Waals surface area contributed by atoms with Crippen LogP contribution in [0.5, 0.6) is 0 Å². The third-order valence-corrected chi connectivity index (χ3v) is 11.8. The molecule has 3 fully saturated rings. The molecule has 3 N–H and O–H groups in total. The first-order valence-electron chi connectivity index (χ1n) is 16.3. The van der Waals surface area contributed by atoms with Crippen molar-refractivity contribution in [3.8, 4) is 0 Å². The van der Waals surface area contributed by atoms with Gasteiger partial charge in [0.05, 0.1) is 51.6 Å². The zero-order valence-electron chi connectivity index (χ0n) is 28.6. The molecule has 3 aliphatic heterocycles. The molecular weight excluding hydrogens is 608 g/mol. The predicted molar refractivity (Wildman–Crippen MR) is 175 cm³/mol. The third-order valence-electron chi connectivity index (χ3n) is 9.23. The number of nitrogens with zero attached hydrogens (tertiary/aromatic N) is 7. The Hall–Kier alpha value is -3.18. The molecule has 0 saturated carbocycles. The second-order valence-corrected chi connectivity index (χ2v) is 20.1. The van der Waals surface area contributed by atoms with E-state index < -0.39 is 25.8 Å². The number of hydrogen-bond acceptors (Lipinski definition) is 12. The zero-order valence-corrected chi connectivity index (χ0v) is 29.6. The van der Waals surface area contributed by atoms with E-state index in [4.69, 9.17) is 24.4 Å². The van der Waals surface area contributed by atoms with E-state index in [-0.39, 0.29) is 41.3 Å². The van der Waals surface area contributed by atoms with Crippen molar-refractivity contribution in [1.29, 1.82) is 0 Å². The van der Waals surface area contributed by atoms with Crippen LogP contribution in [0.3, 0.4) is 0 Å². The van der Waals surface area contributed by atoms with Crippen molar-refractivity contribution in [1.82, 2.24) is 40.5 Å². The third kappa shape index (κ3) is 6.90. The summed E-state index contributed by atoms with van der Waals surface area (Å²) < 4.78 is 13.3. The highest BCUT2D eigenvalue weighted by Crippen LogP contribution is 2.31. The van der Waals surface area contributed by atoms with Crippen LogP contribution in [0.15, 0.2) is 6.33 Å². The van der Waals surface area contributed by atoms with Gasteiger partial charge in [-0.05, 0) is 27.7 Å². The minimum atomic E-state index is -1.71. The lowest BCUT2D eigenvalue weighted by Gasteiger charge is -2.41. The molecule has 15 nitrogen and oxygen atoms in total. The van der Waals surface area contributed by atoms with Gasteiger partial charge in [-0.25, -0.2) is 29.2 Å². The molecule has 2 aromatic heterocycles. The summed E-state index contributed by atoms with van der Waals surface area (Å²) in [6, 6.07) is -0.511. The van der Waals surface area contributed by atoms with Crippen LogP contribution in [0, 0.1) is 0 Å². The SMILES string of the molecule is CC(=O)[N+]1(C(=O)OC(C)(C)C)CCN(n2c(C3CNCCN3)nc3c(C4CNCCN4C(=O)OC(C)[Si](C)(C)C)ncnc32)CC1. The summed E-state index contributed by atoms with van der Waals surface area (Å²) in [5.74, 6) is 0.516. The second kappa shape index (κ2) is 13.1. The number of amides is 3. The summed E-state index contributed by atoms with van der Waals surface area (Å²) in [5, 5.41) is 12.5. The Morgan fingerprint density at radius 1 is 1.02 bits per heavy atom. The van der Waals surface area contributed by atoms with E-state index in [0.717, 1.165) is 18.9 Å². The second-order valence-electron chi connectivity index (χ2n) is 14.6. The van der Waals surface area contributed by atoms with Crippen LogP contribution in [-0.4, -0.2) is 132 Å². The number of fused-ring (bicyclic) bond motifs is 1. The first-order chi connectivity index (χ1) is 21.6. The molecule has 0 spiro atoms. The summed E-state index contributed by atoms with van der Waals surface area (Å²) in [5.41, 5.74) is 1.02. The Labute approximate surface area is 271 Å². The van der Waals surface area contributed by atoms with Crippen LogP contribution >= 0.6 is 0 Å². The van der Waals surface area contributed by atoms with E-state index in [9.17, 15) is 14.4 Å². The summed E-state index contributed by atoms with van der Waals surface area (Å²) in [4.78, 5) is 56.2. The topological polar surface area (TPSA) is 156 Å². The number of imide groups is 1. The maximum absolute atomic E-state index is 13.5. The molecule has 5 rings (SSSR count). The number of carbonyl (C=O) groups is 3. The molecule has 3 unspecified atom stereocenters. The van der Waals surface area contributed by atoms with E-state index in [1.165, 1.54) is 13.3 Å². The van der Waals surface area contributed by atoms with E-state index >= 15 is 0 Å². The predicted octanol–water partition coefficient (Wildman–Crippen LogP) is 1.66. The van der Waals surface area contributed by atoms with Gasteiger partial charge in [-0.1, -0.05) is 19.6 Å². The average Bonchev–Trinajstić information content (AvgIpc) is 3.40. The lowest BCUT2D eigenvalue weighted by Crippen LogP contribution is -2.67. The quantitative estimate of drug-likeness (QED) is 0.316. The standard InChI is InChI=1S/C30H51N10O5Si/c1-20(41)40(29(43)45-30(3,4)5)15-13-37(14-16-40)39-26(22-17-31-9-10-33-22)36-25-24(34-19-35-27(25)39)23-18-32-11-12-38(23)28(42)44-21(2)46(6,7)8/h19,21-23,31-33H,9-18H2,1-8H3/q+1. The van der Waals surface area contributed by atoms with E-state index in [1.54, 1.807) is 25.7 Å². The molecule has 3 atom stereocenters. The highest BCUT2D eigenvalue weighted by Gasteiger charge is 2.49. The Morgan fingerprint density at radius 3 is 2.33 bits per heavy atom. The molecule has 3 aliphatic rings. The monoisotopic (exact) mass is 659 g/mol. The Morgan fingerprint density at radius 2 is 1.72 bits per heavy atom. The van der Waals surface area contributed by atoms with E-state index in [2.05, 4.69) is 40.6 Å². The number of quaternary nitrogens is 1. The maximum Gasteiger partial charge on any atom is 0.524 e. The van der Waals surface area contributed by atoms with Crippen LogP contribution < -0.4 is 21.0 Å². The van der Waals surface area contributed by atoms with Gasteiger partial charge in [-0.15, -0.1) is 0 Å². The number of imidazole rings is 1. The molecule has 0 aliphatic carbocycles. The summed E-state index contributed by atoms with van der Waals surface area (Å²) in [7, 11) is -1.71. The molecule has 0 radical (unpaired) electrons. The van der Waals surface area contributed by atoms with Crippen molar-refractivity contribution < 1.29 is 28.3 Å². The Kier molecular flexibility index (Phi) is 9.76. The maximum atomic E-state index is 13.5. The number of hydrogen-bond donors (Lipinski definition) is 3. The molecule has 0 aromatic carbocycles. The van der Waals surface area contributed by atoms with Crippen molar-refractivity contribution in [2.75, 3.05) is 70.5 Å². The Balaban J connectivity index is 1.51. The van der Waals surface area contributed by atoms with Gasteiger partial charge in [0.15, 0.2) is 5.65 Å². The fourth-order valence-electron chi connectivity index (χ4n) is 6.03. The molecule has 0 bridgehead atoms. The zero-order chi connectivity index (χ0) is 33.4. The summed E-state index contributed by atoms with van der Waals surface area (Å²) >= 11 is 0. The number of nitrogens with one attached hydrogen (secondary N) is 3. The highest BCUT2D eigenvalue weighted by molar-refractivity contribution is 6.77. The lowest BCUT2D eigenvalue weighted by molar-refractivity contribution is -0.784. The first-order valence-corrected chi connectivity index (χ1v) is 19.9. The van der Waals surface area contributed by atoms with Gasteiger partial charge in [0.2, 0.25) is 0 Å². The van der Waals surface area contributed by atoms with Gasteiger partial charge in [-0.3, -0.25) is 9.91 Å². The van der Waals surface area contributed by atoms with Crippen LogP contribution in [0.2, 0.25) is 19.6 Å². The molecular formula is C30H51N10O5Si+. The van der Waals surface area contributed by atoms with Crippen molar-refractivity contribution in [2.24, 2.45) is 0 Å².